The molecule has 29 heavy (non-hydrogen) atoms. The first kappa shape index (κ1) is 27.8. The van der Waals surface area contributed by atoms with Crippen molar-refractivity contribution in [2.45, 2.75) is 115 Å². The van der Waals surface area contributed by atoms with Gasteiger partial charge in [0.2, 0.25) is 0 Å². The number of ether oxygens (including phenoxy) is 1. The Morgan fingerprint density at radius 1 is 0.828 bits per heavy atom. The van der Waals surface area contributed by atoms with Crippen LogP contribution in [0.25, 0.3) is 0 Å². The number of aliphatic hydroxyl groups excluding tert-OH is 3. The van der Waals surface area contributed by atoms with Gasteiger partial charge in [-0.15, -0.1) is 0 Å². The van der Waals surface area contributed by atoms with Crippen molar-refractivity contribution < 1.29 is 29.6 Å². The van der Waals surface area contributed by atoms with E-state index < -0.39 is 30.9 Å². The lowest BCUT2D eigenvalue weighted by atomic mass is 10.1. The zero-order valence-corrected chi connectivity index (χ0v) is 18.1. The first-order valence-corrected chi connectivity index (χ1v) is 11.3. The molecule has 0 spiro atoms. The molecule has 0 bridgehead atoms. The number of hydrogen-bond acceptors (Lipinski definition) is 6. The van der Waals surface area contributed by atoms with Crippen molar-refractivity contribution in [1.82, 2.24) is 0 Å². The zero-order valence-electron chi connectivity index (χ0n) is 18.1. The molecular formula is C23H42O6. The van der Waals surface area contributed by atoms with Crippen molar-refractivity contribution in [3.8, 4) is 0 Å². The molecule has 0 heterocycles. The minimum Gasteiger partial charge on any atom is -0.463 e. The molecule has 0 aromatic heterocycles. The van der Waals surface area contributed by atoms with Crippen LogP contribution in [0.4, 0.5) is 0 Å². The maximum absolute atomic E-state index is 11.6. The van der Waals surface area contributed by atoms with Gasteiger partial charge in [0.1, 0.15) is 24.9 Å². The maximum atomic E-state index is 11.6. The molecule has 0 aromatic carbocycles. The Kier molecular flexibility index (Phi) is 19.2. The van der Waals surface area contributed by atoms with Gasteiger partial charge in [-0.1, -0.05) is 70.4 Å². The monoisotopic (exact) mass is 414 g/mol. The number of unbranched alkanes of at least 4 members (excludes halogenated alkanes) is 11. The minimum atomic E-state index is -1.69. The van der Waals surface area contributed by atoms with E-state index in [1.54, 1.807) is 0 Å². The van der Waals surface area contributed by atoms with Crippen LogP contribution in [0.5, 0.6) is 0 Å². The smallest absolute Gasteiger partial charge is 0.305 e. The van der Waals surface area contributed by atoms with Gasteiger partial charge in [-0.2, -0.15) is 0 Å². The first-order chi connectivity index (χ1) is 14.0. The summed E-state index contributed by atoms with van der Waals surface area (Å²) in [4.78, 5) is 21.9. The molecule has 0 aliphatic heterocycles. The fourth-order valence-corrected chi connectivity index (χ4v) is 3.00. The molecule has 0 fully saturated rings. The second-order valence-electron chi connectivity index (χ2n) is 7.70. The summed E-state index contributed by atoms with van der Waals surface area (Å²) in [5.41, 5.74) is 0. The second kappa shape index (κ2) is 20.0. The van der Waals surface area contributed by atoms with Crippen LogP contribution in [0, 0.1) is 0 Å². The molecular weight excluding hydrogens is 372 g/mol. The number of rotatable bonds is 20. The van der Waals surface area contributed by atoms with E-state index in [1.807, 2.05) is 0 Å². The SMILES string of the molecule is CCCCCCCCC=CCCCCCCCC(=O)OC[C@@H](O)[C@H](O)[C@@H](O)C=O. The van der Waals surface area contributed by atoms with Gasteiger partial charge in [-0.25, -0.2) is 0 Å². The van der Waals surface area contributed by atoms with Gasteiger partial charge < -0.3 is 24.9 Å². The summed E-state index contributed by atoms with van der Waals surface area (Å²) in [7, 11) is 0. The number of aldehydes is 1. The van der Waals surface area contributed by atoms with Crippen molar-refractivity contribution in [2.75, 3.05) is 6.61 Å². The molecule has 0 aliphatic carbocycles. The Labute approximate surface area is 176 Å². The van der Waals surface area contributed by atoms with Crippen LogP contribution in [-0.2, 0) is 14.3 Å². The molecule has 170 valence electrons. The van der Waals surface area contributed by atoms with Crippen LogP contribution in [0.1, 0.15) is 96.8 Å². The molecule has 0 aliphatic rings. The van der Waals surface area contributed by atoms with Gasteiger partial charge in [0.05, 0.1) is 0 Å². The van der Waals surface area contributed by atoms with Crippen LogP contribution >= 0.6 is 0 Å². The molecule has 3 atom stereocenters. The topological polar surface area (TPSA) is 104 Å². The molecule has 0 unspecified atom stereocenters. The van der Waals surface area contributed by atoms with Gasteiger partial charge in [0.25, 0.3) is 0 Å². The van der Waals surface area contributed by atoms with Crippen molar-refractivity contribution >= 4 is 12.3 Å². The molecule has 0 amide bonds. The minimum absolute atomic E-state index is 0.126. The zero-order chi connectivity index (χ0) is 21.7. The summed E-state index contributed by atoms with van der Waals surface area (Å²) >= 11 is 0. The first-order valence-electron chi connectivity index (χ1n) is 11.3. The lowest BCUT2D eigenvalue weighted by Crippen LogP contribution is -2.41. The van der Waals surface area contributed by atoms with Crippen LogP contribution in [0.2, 0.25) is 0 Å². The predicted molar refractivity (Wildman–Crippen MR) is 114 cm³/mol. The maximum Gasteiger partial charge on any atom is 0.305 e. The Bertz CT molecular complexity index is 424. The highest BCUT2D eigenvalue weighted by Crippen LogP contribution is 2.10. The molecule has 6 nitrogen and oxygen atoms in total. The van der Waals surface area contributed by atoms with E-state index >= 15 is 0 Å². The Hall–Kier alpha value is -1.24. The Morgan fingerprint density at radius 2 is 1.34 bits per heavy atom. The van der Waals surface area contributed by atoms with Crippen molar-refractivity contribution in [3.63, 3.8) is 0 Å². The standard InChI is InChI=1S/C23H42O6/c1-2-3-4-5-6-7-8-9-10-11-12-13-14-15-16-17-22(27)29-19-21(26)23(28)20(25)18-24/h9-10,18,20-21,23,25-26,28H,2-8,11-17,19H2,1H3/t20-,21+,23+/m0/s1. The summed E-state index contributed by atoms with van der Waals surface area (Å²) in [6.45, 7) is 1.81. The van der Waals surface area contributed by atoms with Crippen LogP contribution in [0.15, 0.2) is 12.2 Å². The van der Waals surface area contributed by atoms with E-state index in [1.165, 1.54) is 51.4 Å². The highest BCUT2D eigenvalue weighted by atomic mass is 16.5. The number of aliphatic hydroxyl groups is 3. The molecule has 3 N–H and O–H groups in total. The van der Waals surface area contributed by atoms with E-state index in [9.17, 15) is 19.8 Å². The Morgan fingerprint density at radius 3 is 1.90 bits per heavy atom. The summed E-state index contributed by atoms with van der Waals surface area (Å²) < 4.78 is 4.85. The molecule has 0 saturated heterocycles. The summed E-state index contributed by atoms with van der Waals surface area (Å²) in [6, 6.07) is 0. The highest BCUT2D eigenvalue weighted by molar-refractivity contribution is 5.69. The van der Waals surface area contributed by atoms with Crippen LogP contribution in [0.3, 0.4) is 0 Å². The van der Waals surface area contributed by atoms with Crippen molar-refractivity contribution in [2.24, 2.45) is 0 Å². The predicted octanol–water partition coefficient (Wildman–Crippen LogP) is 3.85. The van der Waals surface area contributed by atoms with Gasteiger partial charge in [-0.3, -0.25) is 4.79 Å². The molecule has 0 rings (SSSR count). The highest BCUT2D eigenvalue weighted by Gasteiger charge is 2.25. The number of carbonyl (C=O) groups excluding carboxylic acids is 2. The summed E-state index contributed by atoms with van der Waals surface area (Å²) in [5.74, 6) is -0.450. The number of esters is 1. The van der Waals surface area contributed by atoms with Crippen LogP contribution in [-0.4, -0.2) is 52.5 Å². The molecule has 0 radical (unpaired) electrons. The van der Waals surface area contributed by atoms with Crippen molar-refractivity contribution in [3.05, 3.63) is 12.2 Å². The van der Waals surface area contributed by atoms with Crippen LogP contribution < -0.4 is 0 Å². The third-order valence-electron chi connectivity index (χ3n) is 4.94. The lowest BCUT2D eigenvalue weighted by Gasteiger charge is -2.19. The number of allylic oxidation sites excluding steroid dienone is 2. The average Bonchev–Trinajstić information content (AvgIpc) is 2.73. The number of hydrogen-bond donors (Lipinski definition) is 3. The quantitative estimate of drug-likeness (QED) is 0.121. The van der Waals surface area contributed by atoms with Gasteiger partial charge in [0, 0.05) is 6.42 Å². The van der Waals surface area contributed by atoms with E-state index in [-0.39, 0.29) is 12.7 Å². The lowest BCUT2D eigenvalue weighted by molar-refractivity contribution is -0.152. The second-order valence-corrected chi connectivity index (χ2v) is 7.70. The van der Waals surface area contributed by atoms with Crippen molar-refractivity contribution in [1.29, 1.82) is 0 Å². The molecule has 6 heteroatoms. The van der Waals surface area contributed by atoms with Gasteiger partial charge in [-0.05, 0) is 32.1 Å². The Balaban J connectivity index is 3.44. The largest absolute Gasteiger partial charge is 0.463 e. The summed E-state index contributed by atoms with van der Waals surface area (Å²) in [5, 5.41) is 28.0. The molecule has 0 aromatic rings. The average molecular weight is 415 g/mol. The van der Waals surface area contributed by atoms with E-state index in [4.69, 9.17) is 9.84 Å². The summed E-state index contributed by atoms with van der Waals surface area (Å²) in [6.07, 6.45) is 15.5. The van der Waals surface area contributed by atoms with E-state index in [0.29, 0.717) is 0 Å². The fourth-order valence-electron chi connectivity index (χ4n) is 3.00. The van der Waals surface area contributed by atoms with E-state index in [2.05, 4.69) is 19.1 Å². The third-order valence-corrected chi connectivity index (χ3v) is 4.94. The van der Waals surface area contributed by atoms with Gasteiger partial charge in [0.15, 0.2) is 6.29 Å². The normalized spacial score (nSPS) is 14.6. The van der Waals surface area contributed by atoms with E-state index in [0.717, 1.165) is 32.1 Å². The number of carbonyl (C=O) groups is 2. The van der Waals surface area contributed by atoms with Gasteiger partial charge >= 0.3 is 5.97 Å². The third kappa shape index (κ3) is 17.3. The molecule has 0 saturated carbocycles. The fraction of sp³-hybridized carbons (Fsp3) is 0.826.